The lowest BCUT2D eigenvalue weighted by molar-refractivity contribution is -0.141. The number of aromatic nitrogens is 1. The first-order valence-electron chi connectivity index (χ1n) is 7.67. The second-order valence-corrected chi connectivity index (χ2v) is 5.44. The molecule has 8 heteroatoms. The van der Waals surface area contributed by atoms with Crippen LogP contribution in [-0.2, 0) is 20.9 Å². The predicted octanol–water partition coefficient (Wildman–Crippen LogP) is 0.530. The lowest BCUT2D eigenvalue weighted by atomic mass is 10.2. The van der Waals surface area contributed by atoms with Crippen molar-refractivity contribution in [3.8, 4) is 0 Å². The Hall–Kier alpha value is -1.93. The van der Waals surface area contributed by atoms with E-state index in [1.807, 2.05) is 11.8 Å². The smallest absolute Gasteiger partial charge is 0.360 e. The summed E-state index contributed by atoms with van der Waals surface area (Å²) in [6.07, 6.45) is 1.15. The van der Waals surface area contributed by atoms with E-state index in [0.29, 0.717) is 6.54 Å². The topological polar surface area (TPSA) is 85.1 Å². The summed E-state index contributed by atoms with van der Waals surface area (Å²) in [5, 5.41) is 0. The van der Waals surface area contributed by atoms with E-state index in [2.05, 4.69) is 21.5 Å². The molecule has 8 nitrogen and oxygen atoms in total. The van der Waals surface area contributed by atoms with E-state index in [1.54, 1.807) is 0 Å². The fourth-order valence-corrected chi connectivity index (χ4v) is 2.64. The van der Waals surface area contributed by atoms with Crippen LogP contribution in [0, 0.1) is 0 Å². The molecule has 1 unspecified atom stereocenters. The second kappa shape index (κ2) is 8.07. The first-order valence-corrected chi connectivity index (χ1v) is 7.67. The molecule has 0 aliphatic carbocycles. The van der Waals surface area contributed by atoms with Gasteiger partial charge >= 0.3 is 5.97 Å². The minimum Gasteiger partial charge on any atom is -0.464 e. The highest BCUT2D eigenvalue weighted by molar-refractivity contribution is 5.88. The summed E-state index contributed by atoms with van der Waals surface area (Å²) in [6, 6.07) is 0.163. The van der Waals surface area contributed by atoms with Crippen molar-refractivity contribution in [1.29, 1.82) is 0 Å². The van der Waals surface area contributed by atoms with Gasteiger partial charge < -0.3 is 18.8 Å². The molecule has 1 aromatic heterocycles. The summed E-state index contributed by atoms with van der Waals surface area (Å²) in [6.45, 7) is 7.53. The van der Waals surface area contributed by atoms with Crippen LogP contribution in [-0.4, -0.2) is 72.6 Å². The van der Waals surface area contributed by atoms with E-state index < -0.39 is 5.97 Å². The summed E-state index contributed by atoms with van der Waals surface area (Å²) < 4.78 is 15.1. The molecule has 0 bridgehead atoms. The molecule has 1 aromatic rings. The number of carbonyl (C=O) groups excluding carboxylic acids is 2. The Morgan fingerprint density at radius 1 is 1.43 bits per heavy atom. The van der Waals surface area contributed by atoms with E-state index in [4.69, 9.17) is 9.15 Å². The third-order valence-electron chi connectivity index (χ3n) is 3.96. The zero-order valence-electron chi connectivity index (χ0n) is 13.8. The van der Waals surface area contributed by atoms with Crippen LogP contribution in [0.5, 0.6) is 0 Å². The van der Waals surface area contributed by atoms with Crippen molar-refractivity contribution in [2.75, 3.05) is 39.9 Å². The van der Waals surface area contributed by atoms with Gasteiger partial charge in [0.15, 0.2) is 17.8 Å². The van der Waals surface area contributed by atoms with Crippen LogP contribution < -0.4 is 0 Å². The molecule has 23 heavy (non-hydrogen) atoms. The number of ether oxygens (including phenoxy) is 2. The number of methoxy groups -OCH3 is 1. The maximum absolute atomic E-state index is 12.3. The van der Waals surface area contributed by atoms with Crippen LogP contribution in [0.1, 0.15) is 30.1 Å². The molecular formula is C15H23N3O5. The van der Waals surface area contributed by atoms with E-state index in [1.165, 1.54) is 7.11 Å². The largest absolute Gasteiger partial charge is 0.464 e. The number of rotatable bonds is 6. The molecule has 128 valence electrons. The number of piperazine rings is 1. The van der Waals surface area contributed by atoms with E-state index in [0.717, 1.165) is 26.0 Å². The Morgan fingerprint density at radius 2 is 2.22 bits per heavy atom. The first-order chi connectivity index (χ1) is 11.1. The molecular weight excluding hydrogens is 302 g/mol. The van der Waals surface area contributed by atoms with Gasteiger partial charge in [-0.25, -0.2) is 9.78 Å². The molecule has 0 N–H and O–H groups in total. The van der Waals surface area contributed by atoms with Gasteiger partial charge in [0.1, 0.15) is 13.2 Å². The molecule has 1 fully saturated rings. The van der Waals surface area contributed by atoms with Gasteiger partial charge in [0.25, 0.3) is 0 Å². The predicted molar refractivity (Wildman–Crippen MR) is 80.8 cm³/mol. The lowest BCUT2D eigenvalue weighted by Gasteiger charge is -2.39. The molecule has 0 aromatic carbocycles. The van der Waals surface area contributed by atoms with Gasteiger partial charge in [-0.2, -0.15) is 0 Å². The third-order valence-corrected chi connectivity index (χ3v) is 3.96. The molecule has 0 radical (unpaired) electrons. The van der Waals surface area contributed by atoms with Crippen LogP contribution in [0.25, 0.3) is 0 Å². The molecule has 0 saturated carbocycles. The molecule has 1 saturated heterocycles. The molecule has 1 aliphatic heterocycles. The number of carbonyl (C=O) groups is 2. The van der Waals surface area contributed by atoms with Crippen LogP contribution in [0.2, 0.25) is 0 Å². The van der Waals surface area contributed by atoms with Crippen molar-refractivity contribution in [3.05, 3.63) is 17.8 Å². The van der Waals surface area contributed by atoms with E-state index in [-0.39, 0.29) is 36.6 Å². The Labute approximate surface area is 135 Å². The molecule has 0 spiro atoms. The van der Waals surface area contributed by atoms with Gasteiger partial charge in [-0.05, 0) is 13.5 Å². The Bertz CT molecular complexity index is 545. The first kappa shape index (κ1) is 17.4. The summed E-state index contributed by atoms with van der Waals surface area (Å²) in [5.74, 6) is -0.395. The van der Waals surface area contributed by atoms with Gasteiger partial charge in [-0.15, -0.1) is 0 Å². The van der Waals surface area contributed by atoms with Crippen molar-refractivity contribution in [2.45, 2.75) is 26.5 Å². The van der Waals surface area contributed by atoms with Gasteiger partial charge in [0.2, 0.25) is 5.91 Å². The monoisotopic (exact) mass is 325 g/mol. The highest BCUT2D eigenvalue weighted by Crippen LogP contribution is 2.12. The quantitative estimate of drug-likeness (QED) is 0.705. The van der Waals surface area contributed by atoms with Crippen LogP contribution in [0.3, 0.4) is 0 Å². The minimum absolute atomic E-state index is 0.000517. The maximum Gasteiger partial charge on any atom is 0.360 e. The molecule has 2 heterocycles. The van der Waals surface area contributed by atoms with Gasteiger partial charge in [0.05, 0.1) is 7.11 Å². The van der Waals surface area contributed by atoms with Gasteiger partial charge in [0, 0.05) is 25.7 Å². The number of esters is 1. The Kier molecular flexibility index (Phi) is 6.12. The maximum atomic E-state index is 12.3. The standard InChI is InChI=1S/C15H23N3O5/c1-4-17-5-6-18(11(2)7-17)13(19)9-22-8-12-14(15(20)21-3)16-10-23-12/h10-11H,4-9H2,1-3H3. The molecule has 1 amide bonds. The van der Waals surface area contributed by atoms with E-state index in [9.17, 15) is 9.59 Å². The van der Waals surface area contributed by atoms with Crippen molar-refractivity contribution in [3.63, 3.8) is 0 Å². The highest BCUT2D eigenvalue weighted by Gasteiger charge is 2.26. The zero-order chi connectivity index (χ0) is 16.8. The van der Waals surface area contributed by atoms with Crippen LogP contribution in [0.4, 0.5) is 0 Å². The lowest BCUT2D eigenvalue weighted by Crippen LogP contribution is -2.54. The SMILES string of the molecule is CCN1CCN(C(=O)COCc2ocnc2C(=O)OC)C(C)C1. The zero-order valence-corrected chi connectivity index (χ0v) is 13.8. The van der Waals surface area contributed by atoms with Crippen molar-refractivity contribution >= 4 is 11.9 Å². The third kappa shape index (κ3) is 4.29. The minimum atomic E-state index is -0.590. The Balaban J connectivity index is 1.81. The average molecular weight is 325 g/mol. The number of amides is 1. The fourth-order valence-electron chi connectivity index (χ4n) is 2.64. The number of hydrogen-bond acceptors (Lipinski definition) is 7. The number of hydrogen-bond donors (Lipinski definition) is 0. The highest BCUT2D eigenvalue weighted by atomic mass is 16.5. The molecule has 2 rings (SSSR count). The van der Waals surface area contributed by atoms with Crippen LogP contribution >= 0.6 is 0 Å². The fraction of sp³-hybridized carbons (Fsp3) is 0.667. The summed E-state index contributed by atoms with van der Waals surface area (Å²) >= 11 is 0. The van der Waals surface area contributed by atoms with Crippen molar-refractivity contribution in [1.82, 2.24) is 14.8 Å². The van der Waals surface area contributed by atoms with Gasteiger partial charge in [-0.3, -0.25) is 9.69 Å². The van der Waals surface area contributed by atoms with Crippen LogP contribution in [0.15, 0.2) is 10.8 Å². The second-order valence-electron chi connectivity index (χ2n) is 5.44. The number of likely N-dealkylation sites (N-methyl/N-ethyl adjacent to an activating group) is 1. The van der Waals surface area contributed by atoms with E-state index >= 15 is 0 Å². The summed E-state index contributed by atoms with van der Waals surface area (Å²) in [4.78, 5) is 31.6. The Morgan fingerprint density at radius 3 is 2.87 bits per heavy atom. The molecule has 1 aliphatic rings. The van der Waals surface area contributed by atoms with Crippen molar-refractivity contribution in [2.24, 2.45) is 0 Å². The average Bonchev–Trinajstić information content (AvgIpc) is 3.02. The van der Waals surface area contributed by atoms with Crippen molar-refractivity contribution < 1.29 is 23.5 Å². The summed E-state index contributed by atoms with van der Waals surface area (Å²) in [5.41, 5.74) is 0.0740. The number of nitrogens with zero attached hydrogens (tertiary/aromatic N) is 3. The summed E-state index contributed by atoms with van der Waals surface area (Å²) in [7, 11) is 1.27. The normalized spacial score (nSPS) is 18.9. The van der Waals surface area contributed by atoms with Gasteiger partial charge in [-0.1, -0.05) is 6.92 Å². The number of oxazole rings is 1. The molecule has 1 atom stereocenters.